The summed E-state index contributed by atoms with van der Waals surface area (Å²) in [5.41, 5.74) is 1.68. The summed E-state index contributed by atoms with van der Waals surface area (Å²) in [6.07, 6.45) is 7.72. The van der Waals surface area contributed by atoms with Gasteiger partial charge in [0.25, 0.3) is 5.91 Å². The Labute approximate surface area is 176 Å². The highest BCUT2D eigenvalue weighted by atomic mass is 32.1. The number of pyridine rings is 1. The number of carbonyl (C=O) groups is 1. The van der Waals surface area contributed by atoms with E-state index in [0.717, 1.165) is 35.9 Å². The van der Waals surface area contributed by atoms with Gasteiger partial charge in [-0.15, -0.1) is 0 Å². The van der Waals surface area contributed by atoms with E-state index in [-0.39, 0.29) is 17.4 Å². The molecule has 1 fully saturated rings. The van der Waals surface area contributed by atoms with Crippen molar-refractivity contribution in [1.82, 2.24) is 8.94 Å². The van der Waals surface area contributed by atoms with Crippen molar-refractivity contribution in [1.29, 1.82) is 5.26 Å². The first-order valence-electron chi connectivity index (χ1n) is 10.2. The van der Waals surface area contributed by atoms with Crippen LogP contribution in [0.4, 0.5) is 5.82 Å². The van der Waals surface area contributed by atoms with Gasteiger partial charge in [-0.1, -0.05) is 13.3 Å². The third-order valence-corrected chi connectivity index (χ3v) is 6.53. The summed E-state index contributed by atoms with van der Waals surface area (Å²) in [7, 11) is 0. The molecule has 2 aromatic heterocycles. The molecule has 0 spiro atoms. The van der Waals surface area contributed by atoms with Crippen LogP contribution in [0.15, 0.2) is 29.5 Å². The molecule has 1 aliphatic heterocycles. The number of hydrogen-bond acceptors (Lipinski definition) is 5. The molecule has 6 nitrogen and oxygen atoms in total. The number of anilines is 1. The van der Waals surface area contributed by atoms with E-state index in [2.05, 4.69) is 53.9 Å². The Bertz CT molecular complexity index is 976. The lowest BCUT2D eigenvalue weighted by atomic mass is 10.1. The third kappa shape index (κ3) is 4.94. The zero-order valence-electron chi connectivity index (χ0n) is 17.7. The molecule has 7 heteroatoms. The number of nitrogens with zero attached hydrogens (tertiary/aromatic N) is 5. The topological polar surface area (TPSA) is 74.3 Å². The van der Waals surface area contributed by atoms with Gasteiger partial charge in [0.1, 0.15) is 16.6 Å². The van der Waals surface area contributed by atoms with Gasteiger partial charge in [-0.3, -0.25) is 8.75 Å². The number of aryl methyl sites for hydroxylation is 1. The van der Waals surface area contributed by atoms with Crippen LogP contribution in [0.5, 0.6) is 0 Å². The van der Waals surface area contributed by atoms with Crippen molar-refractivity contribution in [3.63, 3.8) is 0 Å². The molecule has 0 bridgehead atoms. The Hall–Kier alpha value is -2.46. The number of nitriles is 1. The first kappa shape index (κ1) is 21.3. The normalized spacial score (nSPS) is 17.6. The minimum absolute atomic E-state index is 0.0285. The van der Waals surface area contributed by atoms with Crippen LogP contribution in [0.25, 0.3) is 0 Å². The van der Waals surface area contributed by atoms with Crippen molar-refractivity contribution in [2.75, 3.05) is 18.0 Å². The van der Waals surface area contributed by atoms with Crippen LogP contribution in [0.3, 0.4) is 0 Å². The van der Waals surface area contributed by atoms with Crippen molar-refractivity contribution in [3.8, 4) is 6.07 Å². The summed E-state index contributed by atoms with van der Waals surface area (Å²) in [5, 5.41) is 9.31. The minimum atomic E-state index is -0.159. The third-order valence-electron chi connectivity index (χ3n) is 5.15. The summed E-state index contributed by atoms with van der Waals surface area (Å²) < 4.78 is 3.03. The second kappa shape index (κ2) is 8.91. The molecule has 1 atom stereocenters. The molecule has 0 saturated carbocycles. The van der Waals surface area contributed by atoms with Crippen molar-refractivity contribution in [2.45, 2.75) is 58.9 Å². The van der Waals surface area contributed by atoms with Gasteiger partial charge in [0.15, 0.2) is 0 Å². The molecule has 1 amide bonds. The summed E-state index contributed by atoms with van der Waals surface area (Å²) >= 11 is 1.57. The van der Waals surface area contributed by atoms with Crippen LogP contribution in [0.1, 0.15) is 58.1 Å². The Morgan fingerprint density at radius 3 is 2.93 bits per heavy atom. The number of unbranched alkanes of at least 4 members (excludes halogenated alkanes) is 1. The van der Waals surface area contributed by atoms with E-state index in [1.54, 1.807) is 29.9 Å². The molecule has 0 aliphatic carbocycles. The lowest BCUT2D eigenvalue weighted by Gasteiger charge is -2.19. The van der Waals surface area contributed by atoms with Crippen LogP contribution >= 0.6 is 11.5 Å². The highest BCUT2D eigenvalue weighted by molar-refractivity contribution is 7.04. The smallest absolute Gasteiger partial charge is 0.252 e. The molecule has 0 aromatic carbocycles. The van der Waals surface area contributed by atoms with E-state index in [1.165, 1.54) is 0 Å². The zero-order valence-corrected chi connectivity index (χ0v) is 18.5. The van der Waals surface area contributed by atoms with Gasteiger partial charge in [-0.2, -0.15) is 5.26 Å². The molecule has 154 valence electrons. The van der Waals surface area contributed by atoms with Crippen molar-refractivity contribution in [3.05, 3.63) is 40.3 Å². The summed E-state index contributed by atoms with van der Waals surface area (Å²) in [5.74, 6) is 0.436. The van der Waals surface area contributed by atoms with Gasteiger partial charge in [-0.25, -0.2) is 9.98 Å². The van der Waals surface area contributed by atoms with E-state index in [1.807, 2.05) is 4.90 Å². The standard InChI is InChI=1S/C22H29N5OS/c1-5-6-8-18-15-27(22(2,3)4)29-21(18)25-20(28)17-10-12-26(14-17)19-16(13-23)9-7-11-24-19/h7,9,11,15,17H,5-6,8,10,12,14H2,1-4H3. The monoisotopic (exact) mass is 411 g/mol. The number of aromatic nitrogens is 2. The molecule has 2 aromatic rings. The van der Waals surface area contributed by atoms with Crippen LogP contribution < -0.4 is 9.57 Å². The second-order valence-electron chi connectivity index (χ2n) is 8.52. The molecule has 0 radical (unpaired) electrons. The van der Waals surface area contributed by atoms with Crippen molar-refractivity contribution >= 4 is 23.3 Å². The number of rotatable bonds is 5. The molecule has 29 heavy (non-hydrogen) atoms. The molecule has 1 aliphatic rings. The van der Waals surface area contributed by atoms with E-state index >= 15 is 0 Å². The molecule has 3 rings (SSSR count). The number of carbonyl (C=O) groups excluding carboxylic acids is 1. The van der Waals surface area contributed by atoms with Gasteiger partial charge >= 0.3 is 0 Å². The Morgan fingerprint density at radius 1 is 1.45 bits per heavy atom. The Kier molecular flexibility index (Phi) is 6.53. The van der Waals surface area contributed by atoms with Gasteiger partial charge < -0.3 is 4.90 Å². The average Bonchev–Trinajstić information content (AvgIpc) is 3.33. The van der Waals surface area contributed by atoms with Crippen LogP contribution in [-0.4, -0.2) is 27.9 Å². The van der Waals surface area contributed by atoms with Gasteiger partial charge in [0.05, 0.1) is 11.5 Å². The second-order valence-corrected chi connectivity index (χ2v) is 9.48. The van der Waals surface area contributed by atoms with E-state index in [0.29, 0.717) is 24.5 Å². The summed E-state index contributed by atoms with van der Waals surface area (Å²) in [4.78, 5) is 23.9. The van der Waals surface area contributed by atoms with E-state index in [4.69, 9.17) is 0 Å². The lowest BCUT2D eigenvalue weighted by Crippen LogP contribution is -2.24. The van der Waals surface area contributed by atoms with Gasteiger partial charge in [0, 0.05) is 36.6 Å². The first-order chi connectivity index (χ1) is 13.8. The molecule has 0 N–H and O–H groups in total. The fourth-order valence-electron chi connectivity index (χ4n) is 3.42. The molecular formula is C22H29N5OS. The van der Waals surface area contributed by atoms with Crippen LogP contribution in [0.2, 0.25) is 0 Å². The maximum absolute atomic E-state index is 12.9. The largest absolute Gasteiger partial charge is 0.355 e. The van der Waals surface area contributed by atoms with Crippen LogP contribution in [0, 0.1) is 17.2 Å². The minimum Gasteiger partial charge on any atom is -0.355 e. The van der Waals surface area contributed by atoms with E-state index < -0.39 is 0 Å². The molecule has 1 unspecified atom stereocenters. The predicted molar refractivity (Wildman–Crippen MR) is 116 cm³/mol. The van der Waals surface area contributed by atoms with E-state index in [9.17, 15) is 10.1 Å². The number of amides is 1. The first-order valence-corrected chi connectivity index (χ1v) is 11.0. The van der Waals surface area contributed by atoms with Crippen LogP contribution in [-0.2, 0) is 16.8 Å². The quantitative estimate of drug-likeness (QED) is 0.749. The summed E-state index contributed by atoms with van der Waals surface area (Å²) in [6.45, 7) is 9.93. The average molecular weight is 412 g/mol. The van der Waals surface area contributed by atoms with Gasteiger partial charge in [-0.05, 0) is 63.7 Å². The number of hydrogen-bond donors (Lipinski definition) is 0. The highest BCUT2D eigenvalue weighted by Gasteiger charge is 2.30. The molecule has 1 saturated heterocycles. The molecular weight excluding hydrogens is 382 g/mol. The van der Waals surface area contributed by atoms with Gasteiger partial charge in [0.2, 0.25) is 0 Å². The fourth-order valence-corrected chi connectivity index (χ4v) is 4.46. The summed E-state index contributed by atoms with van der Waals surface area (Å²) in [6, 6.07) is 5.71. The Morgan fingerprint density at radius 2 is 2.24 bits per heavy atom. The lowest BCUT2D eigenvalue weighted by molar-refractivity contribution is -0.121. The van der Waals surface area contributed by atoms with Crippen molar-refractivity contribution in [2.24, 2.45) is 10.9 Å². The fraction of sp³-hybridized carbons (Fsp3) is 0.545. The van der Waals surface area contributed by atoms with Crippen molar-refractivity contribution < 1.29 is 4.79 Å². The highest BCUT2D eigenvalue weighted by Crippen LogP contribution is 2.25. The predicted octanol–water partition coefficient (Wildman–Crippen LogP) is 3.87. The maximum atomic E-state index is 12.9. The SMILES string of the molecule is CCCCc1cn(C(C)(C)C)sc1=NC(=O)C1CCN(c2ncccc2C#N)C1. The zero-order chi connectivity index (χ0) is 21.0. The maximum Gasteiger partial charge on any atom is 0.252 e. The molecule has 3 heterocycles. The Balaban J connectivity index is 1.82.